The number of aromatic nitrogens is 1. The average Bonchev–Trinajstić information content (AvgIpc) is 3.19. The molecule has 3 aromatic rings. The highest BCUT2D eigenvalue weighted by atomic mass is 35.5. The molecule has 1 heterocycles. The first-order chi connectivity index (χ1) is 14.3. The van der Waals surface area contributed by atoms with Gasteiger partial charge < -0.3 is 15.7 Å². The third-order valence-electron chi connectivity index (χ3n) is 4.78. The van der Waals surface area contributed by atoms with Gasteiger partial charge in [-0.3, -0.25) is 4.79 Å². The number of benzene rings is 2. The van der Waals surface area contributed by atoms with Crippen LogP contribution in [-0.2, 0) is 11.3 Å². The average molecular weight is 444 g/mol. The predicted molar refractivity (Wildman–Crippen MR) is 124 cm³/mol. The summed E-state index contributed by atoms with van der Waals surface area (Å²) in [6.07, 6.45) is -0.887. The van der Waals surface area contributed by atoms with Crippen LogP contribution in [0.25, 0.3) is 11.3 Å². The lowest BCUT2D eigenvalue weighted by atomic mass is 10.0. The minimum absolute atomic E-state index is 0.303. The van der Waals surface area contributed by atoms with Crippen molar-refractivity contribution >= 4 is 34.0 Å². The third kappa shape index (κ3) is 5.81. The molecule has 0 aliphatic carbocycles. The summed E-state index contributed by atoms with van der Waals surface area (Å²) in [4.78, 5) is 17.2. The number of halogens is 1. The van der Waals surface area contributed by atoms with Gasteiger partial charge in [0.25, 0.3) is 0 Å². The Hall–Kier alpha value is -2.41. The van der Waals surface area contributed by atoms with Crippen molar-refractivity contribution in [3.8, 4) is 11.3 Å². The van der Waals surface area contributed by atoms with Crippen molar-refractivity contribution in [3.63, 3.8) is 0 Å². The quantitative estimate of drug-likeness (QED) is 0.454. The van der Waals surface area contributed by atoms with Crippen LogP contribution in [0.4, 0.5) is 5.13 Å². The van der Waals surface area contributed by atoms with Gasteiger partial charge >= 0.3 is 0 Å². The van der Waals surface area contributed by atoms with Crippen LogP contribution in [0.3, 0.4) is 0 Å². The summed E-state index contributed by atoms with van der Waals surface area (Å²) < 4.78 is 0. The number of hydrogen-bond acceptors (Lipinski definition) is 5. The molecule has 0 aliphatic rings. The molecule has 1 aromatic heterocycles. The summed E-state index contributed by atoms with van der Waals surface area (Å²) in [5.74, 6) is 0.173. The second kappa shape index (κ2) is 10.1. The first-order valence-corrected chi connectivity index (χ1v) is 11.1. The standard InChI is InChI=1S/C23H26ClN3O2S/c1-14(2)17-7-9-18(10-8-17)20-13-30-23(26-20)27-21(15(3)28)22(29)25-12-16-5-4-6-19(24)11-16/h4-11,13-15,21,28H,12H2,1-3H3,(H,25,29)(H,26,27)/t15-,21+/m1/s1. The second-order valence-corrected chi connectivity index (χ2v) is 8.82. The summed E-state index contributed by atoms with van der Waals surface area (Å²) in [5.41, 5.74) is 4.02. The van der Waals surface area contributed by atoms with Crippen molar-refractivity contribution in [2.45, 2.75) is 45.4 Å². The van der Waals surface area contributed by atoms with E-state index < -0.39 is 12.1 Å². The molecule has 0 fully saturated rings. The van der Waals surface area contributed by atoms with Gasteiger partial charge in [-0.15, -0.1) is 11.3 Å². The number of amides is 1. The molecule has 5 nitrogen and oxygen atoms in total. The van der Waals surface area contributed by atoms with E-state index in [1.54, 1.807) is 19.1 Å². The molecule has 30 heavy (non-hydrogen) atoms. The van der Waals surface area contributed by atoms with E-state index in [0.717, 1.165) is 16.8 Å². The van der Waals surface area contributed by atoms with Crippen molar-refractivity contribution in [3.05, 3.63) is 70.1 Å². The lowest BCUT2D eigenvalue weighted by Crippen LogP contribution is -2.45. The van der Waals surface area contributed by atoms with Crippen molar-refractivity contribution < 1.29 is 9.90 Å². The number of carbonyl (C=O) groups is 1. The summed E-state index contributed by atoms with van der Waals surface area (Å²) in [5, 5.41) is 19.2. The predicted octanol–water partition coefficient (Wildman–Crippen LogP) is 5.06. The van der Waals surface area contributed by atoms with Gasteiger partial charge in [-0.05, 0) is 36.1 Å². The minimum Gasteiger partial charge on any atom is -0.391 e. The molecule has 2 aromatic carbocycles. The van der Waals surface area contributed by atoms with E-state index in [0.29, 0.717) is 22.6 Å². The Balaban J connectivity index is 1.65. The summed E-state index contributed by atoms with van der Waals surface area (Å²) in [6, 6.07) is 14.8. The monoisotopic (exact) mass is 443 g/mol. The van der Waals surface area contributed by atoms with Gasteiger partial charge in [-0.25, -0.2) is 4.98 Å². The molecule has 0 aliphatic heterocycles. The molecule has 0 radical (unpaired) electrons. The molecular formula is C23H26ClN3O2S. The maximum atomic E-state index is 12.6. The highest BCUT2D eigenvalue weighted by Gasteiger charge is 2.24. The topological polar surface area (TPSA) is 74.2 Å². The van der Waals surface area contributed by atoms with Gasteiger partial charge in [0.1, 0.15) is 6.04 Å². The molecule has 0 saturated carbocycles. The molecule has 158 valence electrons. The van der Waals surface area contributed by atoms with Gasteiger partial charge in [0.2, 0.25) is 5.91 Å². The van der Waals surface area contributed by atoms with Crippen LogP contribution in [0.15, 0.2) is 53.9 Å². The fraction of sp³-hybridized carbons (Fsp3) is 0.304. The highest BCUT2D eigenvalue weighted by molar-refractivity contribution is 7.14. The van der Waals surface area contributed by atoms with Crippen LogP contribution in [0.1, 0.15) is 37.8 Å². The minimum atomic E-state index is -0.887. The molecule has 2 atom stereocenters. The van der Waals surface area contributed by atoms with Gasteiger partial charge in [0, 0.05) is 22.5 Å². The van der Waals surface area contributed by atoms with E-state index in [1.165, 1.54) is 16.9 Å². The zero-order valence-corrected chi connectivity index (χ0v) is 18.8. The van der Waals surface area contributed by atoms with E-state index in [-0.39, 0.29) is 5.91 Å². The Morgan fingerprint density at radius 2 is 1.90 bits per heavy atom. The van der Waals surface area contributed by atoms with Gasteiger partial charge in [-0.1, -0.05) is 61.8 Å². The SMILES string of the molecule is CC(C)c1ccc(-c2csc(N[C@H](C(=O)NCc3cccc(Cl)c3)[C@@H](C)O)n2)cc1. The normalized spacial score (nSPS) is 13.1. The Labute approximate surface area is 186 Å². The lowest BCUT2D eigenvalue weighted by molar-refractivity contribution is -0.123. The molecular weight excluding hydrogens is 418 g/mol. The molecule has 3 rings (SSSR count). The van der Waals surface area contributed by atoms with Gasteiger partial charge in [0.15, 0.2) is 5.13 Å². The number of anilines is 1. The summed E-state index contributed by atoms with van der Waals surface area (Å²) >= 11 is 7.39. The van der Waals surface area contributed by atoms with Crippen LogP contribution >= 0.6 is 22.9 Å². The van der Waals surface area contributed by atoms with E-state index in [9.17, 15) is 9.90 Å². The largest absolute Gasteiger partial charge is 0.391 e. The van der Waals surface area contributed by atoms with E-state index in [4.69, 9.17) is 11.6 Å². The van der Waals surface area contributed by atoms with Crippen molar-refractivity contribution in [1.29, 1.82) is 0 Å². The number of rotatable bonds is 8. The molecule has 0 bridgehead atoms. The fourth-order valence-corrected chi connectivity index (χ4v) is 3.97. The third-order valence-corrected chi connectivity index (χ3v) is 5.79. The van der Waals surface area contributed by atoms with Crippen molar-refractivity contribution in [2.75, 3.05) is 5.32 Å². The highest BCUT2D eigenvalue weighted by Crippen LogP contribution is 2.27. The van der Waals surface area contributed by atoms with Crippen LogP contribution in [-0.4, -0.2) is 28.1 Å². The van der Waals surface area contributed by atoms with E-state index in [2.05, 4.69) is 53.7 Å². The lowest BCUT2D eigenvalue weighted by Gasteiger charge is -2.20. The van der Waals surface area contributed by atoms with Gasteiger partial charge in [0.05, 0.1) is 11.8 Å². The van der Waals surface area contributed by atoms with Gasteiger partial charge in [-0.2, -0.15) is 0 Å². The molecule has 0 unspecified atom stereocenters. The van der Waals surface area contributed by atoms with Crippen LogP contribution < -0.4 is 10.6 Å². The van der Waals surface area contributed by atoms with E-state index in [1.807, 2.05) is 17.5 Å². The zero-order chi connectivity index (χ0) is 21.7. The van der Waals surface area contributed by atoms with Crippen LogP contribution in [0.2, 0.25) is 5.02 Å². The molecule has 0 saturated heterocycles. The zero-order valence-electron chi connectivity index (χ0n) is 17.2. The number of nitrogens with one attached hydrogen (secondary N) is 2. The van der Waals surface area contributed by atoms with E-state index >= 15 is 0 Å². The number of nitrogens with zero attached hydrogens (tertiary/aromatic N) is 1. The molecule has 1 amide bonds. The number of aliphatic hydroxyl groups is 1. The Morgan fingerprint density at radius 3 is 2.53 bits per heavy atom. The first kappa shape index (κ1) is 22.3. The molecule has 7 heteroatoms. The first-order valence-electron chi connectivity index (χ1n) is 9.86. The Kier molecular flexibility index (Phi) is 7.48. The Morgan fingerprint density at radius 1 is 1.17 bits per heavy atom. The molecule has 3 N–H and O–H groups in total. The van der Waals surface area contributed by atoms with Crippen LogP contribution in [0, 0.1) is 0 Å². The number of aliphatic hydroxyl groups excluding tert-OH is 1. The smallest absolute Gasteiger partial charge is 0.245 e. The van der Waals surface area contributed by atoms with Crippen molar-refractivity contribution in [2.24, 2.45) is 0 Å². The number of thiazole rings is 1. The number of hydrogen-bond donors (Lipinski definition) is 3. The van der Waals surface area contributed by atoms with Crippen LogP contribution in [0.5, 0.6) is 0 Å². The maximum absolute atomic E-state index is 12.6. The second-order valence-electron chi connectivity index (χ2n) is 7.52. The van der Waals surface area contributed by atoms with Crippen molar-refractivity contribution in [1.82, 2.24) is 10.3 Å². The summed E-state index contributed by atoms with van der Waals surface area (Å²) in [7, 11) is 0. The fourth-order valence-electron chi connectivity index (χ4n) is 3.00. The summed E-state index contributed by atoms with van der Waals surface area (Å²) in [6.45, 7) is 6.23. The maximum Gasteiger partial charge on any atom is 0.245 e. The number of carbonyl (C=O) groups excluding carboxylic acids is 1. The Bertz CT molecular complexity index is 986. The molecule has 0 spiro atoms.